The zero-order valence-electron chi connectivity index (χ0n) is 20.3. The fraction of sp³-hybridized carbons (Fsp3) is 0.407. The number of anilines is 1. The molecular weight excluding hydrogens is 547 g/mol. The Balaban J connectivity index is 1.03. The quantitative estimate of drug-likeness (QED) is 0.263. The fourth-order valence-corrected chi connectivity index (χ4v) is 7.32. The van der Waals surface area contributed by atoms with Crippen LogP contribution in [0.25, 0.3) is 21.3 Å². The molecule has 1 aliphatic heterocycles. The van der Waals surface area contributed by atoms with Gasteiger partial charge in [-0.1, -0.05) is 34.4 Å². The van der Waals surface area contributed by atoms with E-state index in [9.17, 15) is 9.90 Å². The number of fused-ring (bicyclic) bond motifs is 2. The predicted molar refractivity (Wildman–Crippen MR) is 145 cm³/mol. The molecule has 3 aromatic heterocycles. The van der Waals surface area contributed by atoms with E-state index in [0.29, 0.717) is 51.0 Å². The molecule has 0 radical (unpaired) electrons. The molecule has 0 spiro atoms. The van der Waals surface area contributed by atoms with E-state index >= 15 is 0 Å². The first-order valence-corrected chi connectivity index (χ1v) is 14.3. The van der Waals surface area contributed by atoms with Gasteiger partial charge in [-0.2, -0.15) is 4.37 Å². The van der Waals surface area contributed by atoms with Crippen LogP contribution in [0.1, 0.15) is 53.4 Å². The number of carboxylic acids is 1. The molecule has 0 bridgehead atoms. The first-order valence-electron chi connectivity index (χ1n) is 12.7. The molecule has 4 heterocycles. The number of aromatic carboxylic acids is 1. The minimum atomic E-state index is -1.02. The molecule has 3 fully saturated rings. The fourth-order valence-electron chi connectivity index (χ4n) is 5.97. The zero-order valence-corrected chi connectivity index (χ0v) is 22.6. The number of carbonyl (C=O) groups is 1. The van der Waals surface area contributed by atoms with Crippen LogP contribution in [0.2, 0.25) is 10.0 Å². The van der Waals surface area contributed by atoms with Crippen LogP contribution in [-0.2, 0) is 11.3 Å². The average molecular weight is 571 g/mol. The van der Waals surface area contributed by atoms with Gasteiger partial charge in [-0.15, -0.1) is 0 Å². The molecule has 3 atom stereocenters. The Morgan fingerprint density at radius 1 is 1.18 bits per heavy atom. The summed E-state index contributed by atoms with van der Waals surface area (Å²) in [6.07, 6.45) is 5.97. The summed E-state index contributed by atoms with van der Waals surface area (Å²) in [5.41, 5.74) is 2.41. The van der Waals surface area contributed by atoms with Crippen LogP contribution < -0.4 is 4.90 Å². The molecule has 1 saturated heterocycles. The van der Waals surface area contributed by atoms with Crippen LogP contribution in [0.4, 0.5) is 5.82 Å². The summed E-state index contributed by atoms with van der Waals surface area (Å²) >= 11 is 14.2. The van der Waals surface area contributed by atoms with E-state index in [1.165, 1.54) is 11.5 Å². The molecule has 8 nitrogen and oxygen atoms in total. The molecule has 3 aliphatic rings. The molecule has 4 aromatic rings. The minimum absolute atomic E-state index is 0.0694. The third-order valence-electron chi connectivity index (χ3n) is 8.01. The van der Waals surface area contributed by atoms with Crippen LogP contribution in [0.5, 0.6) is 0 Å². The van der Waals surface area contributed by atoms with Gasteiger partial charge in [-0.25, -0.2) is 9.78 Å². The van der Waals surface area contributed by atoms with Crippen molar-refractivity contribution in [2.24, 2.45) is 11.8 Å². The van der Waals surface area contributed by atoms with Crippen molar-refractivity contribution in [3.05, 3.63) is 57.5 Å². The Labute approximate surface area is 232 Å². The van der Waals surface area contributed by atoms with Crippen LogP contribution in [0.15, 0.2) is 35.0 Å². The van der Waals surface area contributed by atoms with Gasteiger partial charge in [-0.3, -0.25) is 0 Å². The van der Waals surface area contributed by atoms with Gasteiger partial charge >= 0.3 is 5.97 Å². The Bertz CT molecular complexity index is 1520. The third kappa shape index (κ3) is 4.25. The van der Waals surface area contributed by atoms with Crippen molar-refractivity contribution in [3.63, 3.8) is 0 Å². The maximum absolute atomic E-state index is 11.4. The third-order valence-corrected chi connectivity index (χ3v) is 9.44. The highest BCUT2D eigenvalue weighted by Gasteiger charge is 2.42. The lowest BCUT2D eigenvalue weighted by Crippen LogP contribution is -2.24. The standard InChI is InChI=1S/C27H24Cl2N4O4S/c28-19-2-1-3-20(29)23(19)24-18(26(37-31-24)13-4-5-13)12-36-16-6-14-10-33(11-15(14)7-16)22-8-21-17(9-30-22)25(27(34)35)32-38-21/h1-3,8-9,13-16H,4-7,10-12H2,(H,34,35)/t14-,15+,16?. The number of ether oxygens (including phenoxy) is 1. The van der Waals surface area contributed by atoms with Crippen molar-refractivity contribution >= 4 is 56.6 Å². The number of aromatic nitrogens is 3. The molecule has 0 amide bonds. The smallest absolute Gasteiger partial charge is 0.356 e. The number of pyridine rings is 1. The van der Waals surface area contributed by atoms with Gasteiger partial charge in [0, 0.05) is 47.8 Å². The topological polar surface area (TPSA) is 102 Å². The number of hydrogen-bond donors (Lipinski definition) is 1. The second-order valence-electron chi connectivity index (χ2n) is 10.4. The lowest BCUT2D eigenvalue weighted by molar-refractivity contribution is 0.0402. The summed E-state index contributed by atoms with van der Waals surface area (Å²) in [5, 5.41) is 15.4. The second-order valence-corrected chi connectivity index (χ2v) is 12.1. The predicted octanol–water partition coefficient (Wildman–Crippen LogP) is 6.66. The Hall–Kier alpha value is -2.72. The number of nitrogens with zero attached hydrogens (tertiary/aromatic N) is 4. The summed E-state index contributed by atoms with van der Waals surface area (Å²) in [7, 11) is 0. The van der Waals surface area contributed by atoms with E-state index < -0.39 is 5.97 Å². The SMILES string of the molecule is O=C(O)c1nsc2cc(N3C[C@H]4CC(OCc5c(-c6c(Cl)cccc6Cl)noc5C5CC5)C[C@H]4C3)ncc12. The van der Waals surface area contributed by atoms with Gasteiger partial charge < -0.3 is 19.3 Å². The number of halogens is 2. The van der Waals surface area contributed by atoms with E-state index in [1.807, 2.05) is 24.3 Å². The highest BCUT2D eigenvalue weighted by atomic mass is 35.5. The van der Waals surface area contributed by atoms with Crippen LogP contribution in [0.3, 0.4) is 0 Å². The highest BCUT2D eigenvalue weighted by Crippen LogP contribution is 2.47. The van der Waals surface area contributed by atoms with Gasteiger partial charge in [-0.05, 0) is 61.2 Å². The number of benzene rings is 1. The van der Waals surface area contributed by atoms with Crippen molar-refractivity contribution in [2.75, 3.05) is 18.0 Å². The molecule has 1 aromatic carbocycles. The number of carboxylic acid groups (broad SMARTS) is 1. The van der Waals surface area contributed by atoms with E-state index in [0.717, 1.165) is 60.6 Å². The van der Waals surface area contributed by atoms with Crippen molar-refractivity contribution in [1.29, 1.82) is 0 Å². The van der Waals surface area contributed by atoms with Gasteiger partial charge in [0.15, 0.2) is 5.69 Å². The summed E-state index contributed by atoms with van der Waals surface area (Å²) in [4.78, 5) is 18.2. The normalized spacial score (nSPS) is 22.9. The van der Waals surface area contributed by atoms with Gasteiger partial charge in [0.1, 0.15) is 17.3 Å². The molecule has 7 rings (SSSR count). The van der Waals surface area contributed by atoms with Crippen LogP contribution in [0, 0.1) is 11.8 Å². The maximum Gasteiger partial charge on any atom is 0.356 e. The average Bonchev–Trinajstić information content (AvgIpc) is 3.20. The molecule has 1 N–H and O–H groups in total. The van der Waals surface area contributed by atoms with E-state index in [1.54, 1.807) is 6.20 Å². The zero-order chi connectivity index (χ0) is 26.0. The van der Waals surface area contributed by atoms with Crippen molar-refractivity contribution in [2.45, 2.75) is 44.3 Å². The largest absolute Gasteiger partial charge is 0.476 e. The first kappa shape index (κ1) is 24.3. The summed E-state index contributed by atoms with van der Waals surface area (Å²) in [5.74, 6) is 2.20. The molecule has 2 aliphatic carbocycles. The number of rotatable bonds is 7. The maximum atomic E-state index is 11.4. The number of hydrogen-bond acceptors (Lipinski definition) is 8. The molecule has 38 heavy (non-hydrogen) atoms. The lowest BCUT2D eigenvalue weighted by Gasteiger charge is -2.20. The molecule has 1 unspecified atom stereocenters. The molecule has 11 heteroatoms. The van der Waals surface area contributed by atoms with E-state index in [-0.39, 0.29) is 11.8 Å². The highest BCUT2D eigenvalue weighted by molar-refractivity contribution is 7.13. The first-order chi connectivity index (χ1) is 18.5. The molecular formula is C27H24Cl2N4O4S. The lowest BCUT2D eigenvalue weighted by atomic mass is 10.0. The van der Waals surface area contributed by atoms with Gasteiger partial charge in [0.05, 0.1) is 27.5 Å². The molecule has 196 valence electrons. The summed E-state index contributed by atoms with van der Waals surface area (Å²) in [6, 6.07) is 7.41. The minimum Gasteiger partial charge on any atom is -0.476 e. The van der Waals surface area contributed by atoms with Crippen molar-refractivity contribution in [3.8, 4) is 11.3 Å². The van der Waals surface area contributed by atoms with E-state index in [4.69, 9.17) is 32.5 Å². The van der Waals surface area contributed by atoms with Crippen LogP contribution >= 0.6 is 34.7 Å². The van der Waals surface area contributed by atoms with Gasteiger partial charge in [0.2, 0.25) is 0 Å². The second kappa shape index (κ2) is 9.48. The van der Waals surface area contributed by atoms with Crippen molar-refractivity contribution < 1.29 is 19.2 Å². The Kier molecular flexibility index (Phi) is 6.07. The monoisotopic (exact) mass is 570 g/mol. The summed E-state index contributed by atoms with van der Waals surface area (Å²) in [6.45, 7) is 2.25. The Morgan fingerprint density at radius 2 is 1.92 bits per heavy atom. The van der Waals surface area contributed by atoms with Gasteiger partial charge in [0.25, 0.3) is 0 Å². The van der Waals surface area contributed by atoms with Crippen LogP contribution in [-0.4, -0.2) is 44.8 Å². The Morgan fingerprint density at radius 3 is 2.61 bits per heavy atom. The van der Waals surface area contributed by atoms with Crippen molar-refractivity contribution in [1.82, 2.24) is 14.5 Å². The van der Waals surface area contributed by atoms with E-state index in [2.05, 4.69) is 19.4 Å². The molecule has 2 saturated carbocycles. The summed E-state index contributed by atoms with van der Waals surface area (Å²) < 4.78 is 17.2.